The Bertz CT molecular complexity index is 446. The zero-order chi connectivity index (χ0) is 16.0. The van der Waals surface area contributed by atoms with Crippen molar-refractivity contribution < 1.29 is 23.4 Å². The summed E-state index contributed by atoms with van der Waals surface area (Å²) in [6.45, 7) is 0.654. The van der Waals surface area contributed by atoms with Crippen molar-refractivity contribution in [2.45, 2.75) is 38.1 Å². The van der Waals surface area contributed by atoms with Gasteiger partial charge in [0.2, 0.25) is 0 Å². The SMILES string of the molecule is CC1(CCO)CN(Cc2ccccc2)C(COC(F)F)CO1. The van der Waals surface area contributed by atoms with Crippen LogP contribution in [0.2, 0.25) is 0 Å². The molecule has 2 atom stereocenters. The van der Waals surface area contributed by atoms with Crippen LogP contribution in [0.25, 0.3) is 0 Å². The molecule has 0 saturated carbocycles. The van der Waals surface area contributed by atoms with Crippen LogP contribution in [0.1, 0.15) is 18.9 Å². The van der Waals surface area contributed by atoms with Crippen LogP contribution in [-0.2, 0) is 16.0 Å². The Morgan fingerprint density at radius 2 is 2.14 bits per heavy atom. The molecule has 6 heteroatoms. The van der Waals surface area contributed by atoms with Crippen molar-refractivity contribution in [1.29, 1.82) is 0 Å². The topological polar surface area (TPSA) is 41.9 Å². The van der Waals surface area contributed by atoms with Gasteiger partial charge in [0, 0.05) is 26.1 Å². The number of alkyl halides is 2. The van der Waals surface area contributed by atoms with Crippen LogP contribution in [0.4, 0.5) is 8.78 Å². The molecule has 1 N–H and O–H groups in total. The second-order valence-electron chi connectivity index (χ2n) is 5.87. The highest BCUT2D eigenvalue weighted by Gasteiger charge is 2.37. The molecule has 2 rings (SSSR count). The Hall–Kier alpha value is -1.08. The van der Waals surface area contributed by atoms with E-state index in [1.165, 1.54) is 0 Å². The zero-order valence-electron chi connectivity index (χ0n) is 12.8. The number of aliphatic hydroxyl groups excluding tert-OH is 1. The van der Waals surface area contributed by atoms with Crippen molar-refractivity contribution >= 4 is 0 Å². The molecule has 0 spiro atoms. The highest BCUT2D eigenvalue weighted by molar-refractivity contribution is 5.15. The van der Waals surface area contributed by atoms with E-state index in [2.05, 4.69) is 9.64 Å². The van der Waals surface area contributed by atoms with Crippen LogP contribution < -0.4 is 0 Å². The van der Waals surface area contributed by atoms with Gasteiger partial charge in [0.15, 0.2) is 0 Å². The molecule has 0 bridgehead atoms. The van der Waals surface area contributed by atoms with E-state index in [4.69, 9.17) is 4.74 Å². The average molecular weight is 315 g/mol. The number of aliphatic hydroxyl groups is 1. The number of halogens is 2. The minimum Gasteiger partial charge on any atom is -0.396 e. The quantitative estimate of drug-likeness (QED) is 0.838. The number of morpholine rings is 1. The van der Waals surface area contributed by atoms with Crippen LogP contribution in [0, 0.1) is 0 Å². The molecular formula is C16H23F2NO3. The highest BCUT2D eigenvalue weighted by atomic mass is 19.3. The van der Waals surface area contributed by atoms with Gasteiger partial charge in [-0.25, -0.2) is 0 Å². The minimum absolute atomic E-state index is 0.0356. The molecule has 0 aliphatic carbocycles. The monoisotopic (exact) mass is 315 g/mol. The van der Waals surface area contributed by atoms with Crippen molar-refractivity contribution in [3.63, 3.8) is 0 Å². The zero-order valence-corrected chi connectivity index (χ0v) is 12.8. The van der Waals surface area contributed by atoms with Crippen molar-refractivity contribution in [3.8, 4) is 0 Å². The molecule has 1 aliphatic heterocycles. The van der Waals surface area contributed by atoms with E-state index in [0.717, 1.165) is 5.56 Å². The van der Waals surface area contributed by atoms with E-state index in [9.17, 15) is 13.9 Å². The standard InChI is InChI=1S/C16H23F2NO3/c1-16(7-8-20)12-19(9-13-5-3-2-4-6-13)14(11-22-16)10-21-15(17)18/h2-6,14-15,20H,7-12H2,1H3. The molecule has 22 heavy (non-hydrogen) atoms. The molecule has 0 amide bonds. The molecule has 2 unspecified atom stereocenters. The molecular weight excluding hydrogens is 292 g/mol. The Morgan fingerprint density at radius 3 is 2.77 bits per heavy atom. The molecule has 1 aliphatic rings. The molecule has 1 aromatic carbocycles. The Balaban J connectivity index is 2.05. The summed E-state index contributed by atoms with van der Waals surface area (Å²) in [6, 6.07) is 9.63. The summed E-state index contributed by atoms with van der Waals surface area (Å²) >= 11 is 0. The van der Waals surface area contributed by atoms with Crippen molar-refractivity contribution in [2.24, 2.45) is 0 Å². The molecule has 1 fully saturated rings. The molecule has 124 valence electrons. The molecule has 1 saturated heterocycles. The van der Waals surface area contributed by atoms with Crippen molar-refractivity contribution in [1.82, 2.24) is 4.90 Å². The van der Waals surface area contributed by atoms with Crippen LogP contribution in [0.5, 0.6) is 0 Å². The lowest BCUT2D eigenvalue weighted by Crippen LogP contribution is -2.56. The fourth-order valence-electron chi connectivity index (χ4n) is 2.74. The average Bonchev–Trinajstić information content (AvgIpc) is 2.47. The minimum atomic E-state index is -2.77. The van der Waals surface area contributed by atoms with Gasteiger partial charge in [-0.05, 0) is 12.5 Å². The van der Waals surface area contributed by atoms with E-state index in [-0.39, 0.29) is 19.3 Å². The number of benzene rings is 1. The van der Waals surface area contributed by atoms with E-state index in [1.807, 2.05) is 37.3 Å². The van der Waals surface area contributed by atoms with Gasteiger partial charge in [0.05, 0.1) is 24.9 Å². The first-order valence-electron chi connectivity index (χ1n) is 7.45. The summed E-state index contributed by atoms with van der Waals surface area (Å²) in [5.74, 6) is 0. The molecule has 1 aromatic rings. The van der Waals surface area contributed by atoms with E-state index >= 15 is 0 Å². The lowest BCUT2D eigenvalue weighted by Gasteiger charge is -2.45. The highest BCUT2D eigenvalue weighted by Crippen LogP contribution is 2.26. The summed E-state index contributed by atoms with van der Waals surface area (Å²) in [7, 11) is 0. The Labute approximate surface area is 129 Å². The summed E-state index contributed by atoms with van der Waals surface area (Å²) in [4.78, 5) is 2.09. The van der Waals surface area contributed by atoms with Gasteiger partial charge >= 0.3 is 6.61 Å². The van der Waals surface area contributed by atoms with Crippen LogP contribution in [0.15, 0.2) is 30.3 Å². The van der Waals surface area contributed by atoms with Crippen LogP contribution in [-0.4, -0.2) is 54.6 Å². The largest absolute Gasteiger partial charge is 0.396 e. The predicted octanol–water partition coefficient (Wildman–Crippen LogP) is 2.27. The van der Waals surface area contributed by atoms with E-state index in [0.29, 0.717) is 26.1 Å². The first kappa shape index (κ1) is 17.3. The maximum atomic E-state index is 12.3. The molecule has 0 aromatic heterocycles. The summed E-state index contributed by atoms with van der Waals surface area (Å²) in [5.41, 5.74) is 0.642. The van der Waals surface area contributed by atoms with Crippen LogP contribution >= 0.6 is 0 Å². The lowest BCUT2D eigenvalue weighted by molar-refractivity contribution is -0.181. The number of hydrogen-bond acceptors (Lipinski definition) is 4. The third-order valence-electron chi connectivity index (χ3n) is 3.96. The second kappa shape index (κ2) is 7.97. The lowest BCUT2D eigenvalue weighted by atomic mass is 9.97. The third-order valence-corrected chi connectivity index (χ3v) is 3.96. The van der Waals surface area contributed by atoms with Gasteiger partial charge in [0.1, 0.15) is 0 Å². The first-order chi connectivity index (χ1) is 10.5. The fraction of sp³-hybridized carbons (Fsp3) is 0.625. The van der Waals surface area contributed by atoms with E-state index < -0.39 is 12.2 Å². The van der Waals surface area contributed by atoms with Gasteiger partial charge < -0.3 is 14.6 Å². The maximum absolute atomic E-state index is 12.3. The van der Waals surface area contributed by atoms with Gasteiger partial charge in [-0.15, -0.1) is 0 Å². The van der Waals surface area contributed by atoms with Gasteiger partial charge in [-0.2, -0.15) is 8.78 Å². The number of ether oxygens (including phenoxy) is 2. The smallest absolute Gasteiger partial charge is 0.345 e. The number of hydrogen-bond donors (Lipinski definition) is 1. The summed E-state index contributed by atoms with van der Waals surface area (Å²) in [6.07, 6.45) is 0.515. The molecule has 0 radical (unpaired) electrons. The van der Waals surface area contributed by atoms with Crippen molar-refractivity contribution in [3.05, 3.63) is 35.9 Å². The van der Waals surface area contributed by atoms with Crippen LogP contribution in [0.3, 0.4) is 0 Å². The second-order valence-corrected chi connectivity index (χ2v) is 5.87. The Morgan fingerprint density at radius 1 is 1.41 bits per heavy atom. The first-order valence-corrected chi connectivity index (χ1v) is 7.45. The number of nitrogens with zero attached hydrogens (tertiary/aromatic N) is 1. The Kier molecular flexibility index (Phi) is 6.26. The third kappa shape index (κ3) is 4.98. The van der Waals surface area contributed by atoms with E-state index in [1.54, 1.807) is 0 Å². The fourth-order valence-corrected chi connectivity index (χ4v) is 2.74. The normalized spacial score (nSPS) is 26.5. The molecule has 4 nitrogen and oxygen atoms in total. The van der Waals surface area contributed by atoms with Gasteiger partial charge in [-0.1, -0.05) is 30.3 Å². The summed E-state index contributed by atoms with van der Waals surface area (Å²) in [5, 5.41) is 9.18. The van der Waals surface area contributed by atoms with Crippen molar-refractivity contribution in [2.75, 3.05) is 26.4 Å². The van der Waals surface area contributed by atoms with Gasteiger partial charge in [-0.3, -0.25) is 4.90 Å². The summed E-state index contributed by atoms with van der Waals surface area (Å²) < 4.78 is 34.9. The molecule has 1 heterocycles. The predicted molar refractivity (Wildman–Crippen MR) is 78.7 cm³/mol. The van der Waals surface area contributed by atoms with Gasteiger partial charge in [0.25, 0.3) is 0 Å². The number of rotatable bonds is 7. The maximum Gasteiger partial charge on any atom is 0.345 e.